The van der Waals surface area contributed by atoms with Crippen LogP contribution >= 0.6 is 0 Å². The number of carboxylic acids is 2. The highest BCUT2D eigenvalue weighted by atomic mass is 16.4. The Labute approximate surface area is 146 Å². The minimum Gasteiger partial charge on any atom is -0.504 e. The van der Waals surface area contributed by atoms with E-state index in [1.165, 1.54) is 6.07 Å². The number of phenolic OH excluding ortho intramolecular Hbond substituents is 4. The zero-order chi connectivity index (χ0) is 19.2. The average Bonchev–Trinajstić information content (AvgIpc) is 2.56. The Morgan fingerprint density at radius 1 is 0.808 bits per heavy atom. The Morgan fingerprint density at radius 3 is 2.00 bits per heavy atom. The molecule has 0 fully saturated rings. The van der Waals surface area contributed by atoms with Crippen LogP contribution in [0.4, 0.5) is 0 Å². The molecule has 0 saturated carbocycles. The van der Waals surface area contributed by atoms with Crippen molar-refractivity contribution in [3.8, 4) is 23.0 Å². The quantitative estimate of drug-likeness (QED) is 0.454. The minimum absolute atomic E-state index is 0.228. The molecule has 0 unspecified atom stereocenters. The lowest BCUT2D eigenvalue weighted by atomic mass is 9.71. The van der Waals surface area contributed by atoms with E-state index in [1.54, 1.807) is 0 Å². The van der Waals surface area contributed by atoms with Gasteiger partial charge in [0.2, 0.25) is 0 Å². The summed E-state index contributed by atoms with van der Waals surface area (Å²) in [5.41, 5.74) is 0.314. The Morgan fingerprint density at radius 2 is 1.42 bits per heavy atom. The smallest absolute Gasteiger partial charge is 0.332 e. The largest absolute Gasteiger partial charge is 0.504 e. The van der Waals surface area contributed by atoms with Crippen molar-refractivity contribution >= 4 is 18.0 Å². The van der Waals surface area contributed by atoms with Crippen LogP contribution in [0.1, 0.15) is 22.6 Å². The molecule has 0 spiro atoms. The van der Waals surface area contributed by atoms with Crippen LogP contribution in [-0.2, 0) is 9.59 Å². The average molecular weight is 358 g/mol. The molecule has 0 bridgehead atoms. The molecule has 0 aromatic heterocycles. The molecule has 2 aromatic carbocycles. The highest BCUT2D eigenvalue weighted by Gasteiger charge is 2.41. The van der Waals surface area contributed by atoms with Crippen molar-refractivity contribution in [2.45, 2.75) is 5.92 Å². The van der Waals surface area contributed by atoms with Gasteiger partial charge < -0.3 is 30.6 Å². The Balaban J connectivity index is 2.33. The summed E-state index contributed by atoms with van der Waals surface area (Å²) >= 11 is 0. The van der Waals surface area contributed by atoms with Crippen LogP contribution in [0.5, 0.6) is 23.0 Å². The second kappa shape index (κ2) is 5.99. The molecule has 0 heterocycles. The second-order valence-electron chi connectivity index (χ2n) is 5.92. The molecule has 8 nitrogen and oxygen atoms in total. The van der Waals surface area contributed by atoms with Gasteiger partial charge in [-0.05, 0) is 47.0 Å². The third-order valence-electron chi connectivity index (χ3n) is 4.37. The first-order valence-electron chi connectivity index (χ1n) is 7.46. The van der Waals surface area contributed by atoms with Crippen molar-refractivity contribution in [1.29, 1.82) is 0 Å². The van der Waals surface area contributed by atoms with Crippen LogP contribution in [0.15, 0.2) is 35.9 Å². The summed E-state index contributed by atoms with van der Waals surface area (Å²) in [6, 6.07) is 5.94. The number of phenols is 4. The van der Waals surface area contributed by atoms with Gasteiger partial charge >= 0.3 is 11.9 Å². The summed E-state index contributed by atoms with van der Waals surface area (Å²) in [6.45, 7) is 0. The van der Waals surface area contributed by atoms with Crippen LogP contribution in [0.3, 0.4) is 0 Å². The van der Waals surface area contributed by atoms with Crippen LogP contribution in [0, 0.1) is 5.92 Å². The summed E-state index contributed by atoms with van der Waals surface area (Å²) in [5, 5.41) is 57.8. The lowest BCUT2D eigenvalue weighted by Crippen LogP contribution is -2.31. The van der Waals surface area contributed by atoms with E-state index in [1.807, 2.05) is 0 Å². The standard InChI is InChI=1S/C18H14O8/c19-11-2-1-7(4-12(11)20)15-9-6-14(22)13(21)5-8(9)3-10(17(23)24)16(15)18(25)26/h1-6,15-16,19-22H,(H,23,24)(H,25,26)/t15-,16+/m1/s1. The number of aliphatic carboxylic acids is 2. The van der Waals surface area contributed by atoms with E-state index in [0.29, 0.717) is 0 Å². The van der Waals surface area contributed by atoms with Crippen LogP contribution in [0.2, 0.25) is 0 Å². The van der Waals surface area contributed by atoms with E-state index in [2.05, 4.69) is 0 Å². The summed E-state index contributed by atoms with van der Waals surface area (Å²) < 4.78 is 0. The second-order valence-corrected chi connectivity index (χ2v) is 5.92. The fourth-order valence-electron chi connectivity index (χ4n) is 3.20. The molecule has 134 valence electrons. The van der Waals surface area contributed by atoms with Gasteiger partial charge in [0.25, 0.3) is 0 Å². The zero-order valence-corrected chi connectivity index (χ0v) is 13.1. The molecule has 6 N–H and O–H groups in total. The summed E-state index contributed by atoms with van der Waals surface area (Å²) in [4.78, 5) is 23.4. The van der Waals surface area contributed by atoms with E-state index in [-0.39, 0.29) is 16.7 Å². The Kier molecular flexibility index (Phi) is 3.96. The maximum atomic E-state index is 11.8. The first-order valence-corrected chi connectivity index (χ1v) is 7.46. The zero-order valence-electron chi connectivity index (χ0n) is 13.1. The van der Waals surface area contributed by atoms with Gasteiger partial charge in [-0.15, -0.1) is 0 Å². The number of hydrogen-bond acceptors (Lipinski definition) is 6. The fourth-order valence-corrected chi connectivity index (χ4v) is 3.20. The third-order valence-corrected chi connectivity index (χ3v) is 4.37. The SMILES string of the molecule is O=C(O)C1=Cc2cc(O)c(O)cc2[C@@H](c2ccc(O)c(O)c2)[C@H]1C(=O)O. The van der Waals surface area contributed by atoms with Crippen molar-refractivity contribution < 1.29 is 40.2 Å². The number of aromatic hydroxyl groups is 4. The number of rotatable bonds is 3. The summed E-state index contributed by atoms with van der Waals surface area (Å²) in [7, 11) is 0. The van der Waals surface area contributed by atoms with Crippen molar-refractivity contribution in [2.75, 3.05) is 0 Å². The van der Waals surface area contributed by atoms with E-state index in [9.17, 15) is 40.2 Å². The van der Waals surface area contributed by atoms with Crippen LogP contribution in [-0.4, -0.2) is 42.6 Å². The monoisotopic (exact) mass is 358 g/mol. The number of hydrogen-bond donors (Lipinski definition) is 6. The van der Waals surface area contributed by atoms with Crippen LogP contribution in [0.25, 0.3) is 6.08 Å². The first-order chi connectivity index (χ1) is 12.2. The molecule has 3 rings (SSSR count). The molecule has 1 aliphatic carbocycles. The van der Waals surface area contributed by atoms with Crippen LogP contribution < -0.4 is 0 Å². The van der Waals surface area contributed by atoms with E-state index in [4.69, 9.17) is 0 Å². The van der Waals surface area contributed by atoms with E-state index >= 15 is 0 Å². The molecule has 0 aliphatic heterocycles. The lowest BCUT2D eigenvalue weighted by molar-refractivity contribution is -0.144. The highest BCUT2D eigenvalue weighted by Crippen LogP contribution is 2.47. The van der Waals surface area contributed by atoms with Gasteiger partial charge in [-0.1, -0.05) is 6.07 Å². The van der Waals surface area contributed by atoms with Gasteiger partial charge in [0.05, 0.1) is 11.5 Å². The molecule has 0 saturated heterocycles. The number of benzene rings is 2. The number of carboxylic acid groups (broad SMARTS) is 2. The summed E-state index contributed by atoms with van der Waals surface area (Å²) in [5.74, 6) is -7.32. The normalized spacial score (nSPS) is 18.7. The molecular formula is C18H14O8. The molecule has 2 aromatic rings. The molecule has 0 amide bonds. The predicted octanol–water partition coefficient (Wildman–Crippen LogP) is 1.82. The van der Waals surface area contributed by atoms with Gasteiger partial charge in [-0.3, -0.25) is 4.79 Å². The van der Waals surface area contributed by atoms with Gasteiger partial charge in [-0.2, -0.15) is 0 Å². The predicted molar refractivity (Wildman–Crippen MR) is 88.1 cm³/mol. The number of fused-ring (bicyclic) bond motifs is 1. The maximum Gasteiger partial charge on any atom is 0.332 e. The first kappa shape index (κ1) is 17.2. The fraction of sp³-hybridized carbons (Fsp3) is 0.111. The summed E-state index contributed by atoms with van der Waals surface area (Å²) in [6.07, 6.45) is 1.13. The molecule has 2 atom stereocenters. The topological polar surface area (TPSA) is 156 Å². The van der Waals surface area contributed by atoms with Crippen molar-refractivity contribution in [2.24, 2.45) is 5.92 Å². The van der Waals surface area contributed by atoms with E-state index in [0.717, 1.165) is 30.3 Å². The Bertz CT molecular complexity index is 960. The van der Waals surface area contributed by atoms with Gasteiger partial charge in [0.1, 0.15) is 0 Å². The molecular weight excluding hydrogens is 344 g/mol. The van der Waals surface area contributed by atoms with Gasteiger partial charge in [0.15, 0.2) is 23.0 Å². The highest BCUT2D eigenvalue weighted by molar-refractivity contribution is 6.00. The van der Waals surface area contributed by atoms with Crippen molar-refractivity contribution in [1.82, 2.24) is 0 Å². The van der Waals surface area contributed by atoms with Crippen molar-refractivity contribution in [3.63, 3.8) is 0 Å². The van der Waals surface area contributed by atoms with E-state index < -0.39 is 52.3 Å². The maximum absolute atomic E-state index is 11.8. The molecule has 1 aliphatic rings. The minimum atomic E-state index is -1.51. The van der Waals surface area contributed by atoms with Crippen molar-refractivity contribution in [3.05, 3.63) is 52.6 Å². The third kappa shape index (κ3) is 2.67. The van der Waals surface area contributed by atoms with Gasteiger partial charge in [-0.25, -0.2) is 4.79 Å². The molecule has 0 radical (unpaired) electrons. The number of carbonyl (C=O) groups is 2. The molecule has 8 heteroatoms. The van der Waals surface area contributed by atoms with Gasteiger partial charge in [0, 0.05) is 5.92 Å². The lowest BCUT2D eigenvalue weighted by Gasteiger charge is -2.31. The Hall–Kier alpha value is -3.68. The molecule has 26 heavy (non-hydrogen) atoms.